The van der Waals surface area contributed by atoms with Gasteiger partial charge in [0.25, 0.3) is 0 Å². The highest BCUT2D eigenvalue weighted by atomic mass is 16.3. The molecule has 1 fully saturated rings. The number of benzene rings is 1. The minimum atomic E-state index is -0.0417. The molecule has 0 bridgehead atoms. The zero-order chi connectivity index (χ0) is 13.1. The van der Waals surface area contributed by atoms with E-state index in [9.17, 15) is 5.11 Å². The summed E-state index contributed by atoms with van der Waals surface area (Å²) in [4.78, 5) is 0. The molecule has 2 heteroatoms. The smallest absolute Gasteiger partial charge is 0.0540 e. The van der Waals surface area contributed by atoms with E-state index < -0.39 is 0 Å². The van der Waals surface area contributed by atoms with Gasteiger partial charge in [-0.2, -0.15) is 0 Å². The van der Waals surface area contributed by atoms with Gasteiger partial charge in [0.05, 0.1) is 6.10 Å². The Morgan fingerprint density at radius 2 is 1.74 bits per heavy atom. The number of aliphatic hydroxyl groups excluding tert-OH is 1. The van der Waals surface area contributed by atoms with Crippen LogP contribution in [0.15, 0.2) is 18.2 Å². The summed E-state index contributed by atoms with van der Waals surface area (Å²) in [5, 5.41) is 13.1. The van der Waals surface area contributed by atoms with E-state index in [1.807, 2.05) is 0 Å². The molecule has 0 atom stereocenters. The Balaban J connectivity index is 1.55. The predicted molar refractivity (Wildman–Crippen MR) is 79.5 cm³/mol. The van der Waals surface area contributed by atoms with E-state index in [0.29, 0.717) is 0 Å². The van der Waals surface area contributed by atoms with Crippen LogP contribution in [-0.2, 0) is 12.8 Å². The molecule has 0 unspecified atom stereocenters. The molecular formula is C17H25NO. The summed E-state index contributed by atoms with van der Waals surface area (Å²) < 4.78 is 0. The molecule has 0 amide bonds. The molecule has 0 aromatic heterocycles. The Morgan fingerprint density at radius 3 is 2.53 bits per heavy atom. The van der Waals surface area contributed by atoms with Crippen molar-refractivity contribution >= 4 is 5.69 Å². The molecule has 104 valence electrons. The highest BCUT2D eigenvalue weighted by molar-refractivity contribution is 5.49. The van der Waals surface area contributed by atoms with Crippen LogP contribution < -0.4 is 5.32 Å². The third kappa shape index (κ3) is 3.30. The first-order valence-corrected chi connectivity index (χ1v) is 7.85. The van der Waals surface area contributed by atoms with E-state index >= 15 is 0 Å². The van der Waals surface area contributed by atoms with E-state index in [-0.39, 0.29) is 6.10 Å². The third-order valence-corrected chi connectivity index (χ3v) is 4.76. The summed E-state index contributed by atoms with van der Waals surface area (Å²) in [5.74, 6) is 0.736. The standard InChI is InChI=1S/C17H25NO/c19-17-9-5-13(6-10-17)12-18-16-8-7-14-3-1-2-4-15(14)11-16/h7-8,11,13,17-19H,1-6,9-10,12H2. The molecule has 0 heterocycles. The zero-order valence-corrected chi connectivity index (χ0v) is 11.7. The first kappa shape index (κ1) is 13.0. The molecule has 0 radical (unpaired) electrons. The van der Waals surface area contributed by atoms with Gasteiger partial charge < -0.3 is 10.4 Å². The van der Waals surface area contributed by atoms with Crippen LogP contribution in [0.25, 0.3) is 0 Å². The second-order valence-corrected chi connectivity index (χ2v) is 6.25. The summed E-state index contributed by atoms with van der Waals surface area (Å²) in [7, 11) is 0. The normalized spacial score (nSPS) is 26.8. The van der Waals surface area contributed by atoms with E-state index in [2.05, 4.69) is 23.5 Å². The summed E-state index contributed by atoms with van der Waals surface area (Å²) >= 11 is 0. The number of rotatable bonds is 3. The maximum absolute atomic E-state index is 9.52. The van der Waals surface area contributed by atoms with Crippen molar-refractivity contribution in [2.75, 3.05) is 11.9 Å². The Bertz CT molecular complexity index is 421. The lowest BCUT2D eigenvalue weighted by Crippen LogP contribution is -2.23. The minimum Gasteiger partial charge on any atom is -0.393 e. The highest BCUT2D eigenvalue weighted by Crippen LogP contribution is 2.27. The number of anilines is 1. The van der Waals surface area contributed by atoms with Gasteiger partial charge in [-0.05, 0) is 80.5 Å². The number of aliphatic hydroxyl groups is 1. The number of hydrogen-bond acceptors (Lipinski definition) is 2. The van der Waals surface area contributed by atoms with Crippen molar-refractivity contribution in [3.8, 4) is 0 Å². The lowest BCUT2D eigenvalue weighted by Gasteiger charge is -2.26. The summed E-state index contributed by atoms with van der Waals surface area (Å²) in [5.41, 5.74) is 4.39. The van der Waals surface area contributed by atoms with Gasteiger partial charge in [0.15, 0.2) is 0 Å². The molecule has 0 aliphatic heterocycles. The van der Waals surface area contributed by atoms with E-state index in [1.165, 1.54) is 44.2 Å². The summed E-state index contributed by atoms with van der Waals surface area (Å²) in [6, 6.07) is 6.90. The van der Waals surface area contributed by atoms with Crippen molar-refractivity contribution in [3.63, 3.8) is 0 Å². The van der Waals surface area contributed by atoms with Crippen LogP contribution in [-0.4, -0.2) is 17.8 Å². The minimum absolute atomic E-state index is 0.0417. The van der Waals surface area contributed by atoms with Gasteiger partial charge in [-0.25, -0.2) is 0 Å². The van der Waals surface area contributed by atoms with Crippen molar-refractivity contribution in [1.82, 2.24) is 0 Å². The largest absolute Gasteiger partial charge is 0.393 e. The van der Waals surface area contributed by atoms with Crippen molar-refractivity contribution < 1.29 is 5.11 Å². The fourth-order valence-electron chi connectivity index (χ4n) is 3.45. The molecule has 2 aliphatic rings. The average Bonchev–Trinajstić information content (AvgIpc) is 2.46. The maximum Gasteiger partial charge on any atom is 0.0540 e. The zero-order valence-electron chi connectivity index (χ0n) is 11.7. The van der Waals surface area contributed by atoms with Crippen LogP contribution in [0.3, 0.4) is 0 Å². The van der Waals surface area contributed by atoms with Gasteiger partial charge in [0, 0.05) is 12.2 Å². The summed E-state index contributed by atoms with van der Waals surface area (Å²) in [6.07, 6.45) is 9.46. The molecule has 1 saturated carbocycles. The van der Waals surface area contributed by atoms with Crippen molar-refractivity contribution in [2.45, 2.75) is 57.5 Å². The van der Waals surface area contributed by atoms with Crippen molar-refractivity contribution in [3.05, 3.63) is 29.3 Å². The maximum atomic E-state index is 9.52. The number of nitrogens with one attached hydrogen (secondary N) is 1. The molecule has 1 aromatic rings. The summed E-state index contributed by atoms with van der Waals surface area (Å²) in [6.45, 7) is 1.06. The SMILES string of the molecule is OC1CCC(CNc2ccc3c(c2)CCCC3)CC1. The van der Waals surface area contributed by atoms with E-state index in [0.717, 1.165) is 25.3 Å². The molecular weight excluding hydrogens is 234 g/mol. The van der Waals surface area contributed by atoms with Crippen LogP contribution in [0, 0.1) is 5.92 Å². The van der Waals surface area contributed by atoms with Crippen LogP contribution in [0.4, 0.5) is 5.69 Å². The molecule has 19 heavy (non-hydrogen) atoms. The first-order chi connectivity index (χ1) is 9.31. The van der Waals surface area contributed by atoms with Gasteiger partial charge >= 0.3 is 0 Å². The van der Waals surface area contributed by atoms with Crippen molar-refractivity contribution in [1.29, 1.82) is 0 Å². The fourth-order valence-corrected chi connectivity index (χ4v) is 3.45. The second-order valence-electron chi connectivity index (χ2n) is 6.25. The number of hydrogen-bond donors (Lipinski definition) is 2. The Hall–Kier alpha value is -1.02. The quantitative estimate of drug-likeness (QED) is 0.870. The molecule has 1 aromatic carbocycles. The average molecular weight is 259 g/mol. The van der Waals surface area contributed by atoms with Gasteiger partial charge in [-0.15, -0.1) is 0 Å². The van der Waals surface area contributed by atoms with Gasteiger partial charge in [0.2, 0.25) is 0 Å². The lowest BCUT2D eigenvalue weighted by molar-refractivity contribution is 0.111. The van der Waals surface area contributed by atoms with Gasteiger partial charge in [-0.3, -0.25) is 0 Å². The van der Waals surface area contributed by atoms with Crippen LogP contribution >= 0.6 is 0 Å². The van der Waals surface area contributed by atoms with Gasteiger partial charge in [0.1, 0.15) is 0 Å². The third-order valence-electron chi connectivity index (χ3n) is 4.76. The van der Waals surface area contributed by atoms with Gasteiger partial charge in [-0.1, -0.05) is 6.07 Å². The van der Waals surface area contributed by atoms with Crippen LogP contribution in [0.1, 0.15) is 49.7 Å². The van der Waals surface area contributed by atoms with Crippen LogP contribution in [0.2, 0.25) is 0 Å². The molecule has 2 nitrogen and oxygen atoms in total. The number of fused-ring (bicyclic) bond motifs is 1. The van der Waals surface area contributed by atoms with Crippen molar-refractivity contribution in [2.24, 2.45) is 5.92 Å². The Kier molecular flexibility index (Phi) is 4.07. The Labute approximate surface area is 116 Å². The monoisotopic (exact) mass is 259 g/mol. The highest BCUT2D eigenvalue weighted by Gasteiger charge is 2.19. The predicted octanol–water partition coefficient (Wildman–Crippen LogP) is 3.53. The van der Waals surface area contributed by atoms with E-state index in [4.69, 9.17) is 0 Å². The van der Waals surface area contributed by atoms with Crippen LogP contribution in [0.5, 0.6) is 0 Å². The molecule has 0 saturated heterocycles. The number of aryl methyl sites for hydroxylation is 2. The first-order valence-electron chi connectivity index (χ1n) is 7.85. The fraction of sp³-hybridized carbons (Fsp3) is 0.647. The second kappa shape index (κ2) is 5.96. The topological polar surface area (TPSA) is 32.3 Å². The lowest BCUT2D eigenvalue weighted by atomic mass is 9.87. The van der Waals surface area contributed by atoms with E-state index in [1.54, 1.807) is 11.1 Å². The molecule has 2 N–H and O–H groups in total. The molecule has 0 spiro atoms. The Morgan fingerprint density at radius 1 is 1.00 bits per heavy atom. The molecule has 3 rings (SSSR count). The molecule has 2 aliphatic carbocycles.